The zero-order valence-electron chi connectivity index (χ0n) is 11.2. The average molecular weight is 287 g/mol. The van der Waals surface area contributed by atoms with Crippen molar-refractivity contribution in [1.29, 1.82) is 0 Å². The van der Waals surface area contributed by atoms with Gasteiger partial charge in [0.2, 0.25) is 11.2 Å². The maximum absolute atomic E-state index is 9.25. The second-order valence-electron chi connectivity index (χ2n) is 4.99. The summed E-state index contributed by atoms with van der Waals surface area (Å²) in [5.74, 6) is 0.785. The van der Waals surface area contributed by atoms with Gasteiger partial charge in [0.1, 0.15) is 0 Å². The molecule has 1 aliphatic heterocycles. The molecule has 1 N–H and O–H groups in total. The average Bonchev–Trinajstić information content (AvgIpc) is 2.37. The topological polar surface area (TPSA) is 71.4 Å². The van der Waals surface area contributed by atoms with Crippen LogP contribution in [0.5, 0.6) is 6.01 Å². The molecule has 1 aromatic heterocycles. The van der Waals surface area contributed by atoms with Crippen LogP contribution in [0.3, 0.4) is 0 Å². The SMILES string of the molecule is CC(C)Oc1nc(Cl)nc(N2CCCC(CO)C2)n1. The molecule has 0 amide bonds. The molecule has 1 saturated heterocycles. The van der Waals surface area contributed by atoms with Crippen LogP contribution >= 0.6 is 11.6 Å². The van der Waals surface area contributed by atoms with Gasteiger partial charge in [0, 0.05) is 19.7 Å². The normalized spacial score (nSPS) is 19.8. The number of hydrogen-bond donors (Lipinski definition) is 1. The predicted molar refractivity (Wildman–Crippen MR) is 72.6 cm³/mol. The minimum absolute atomic E-state index is 0.0159. The van der Waals surface area contributed by atoms with Gasteiger partial charge in [-0.1, -0.05) is 0 Å². The molecule has 1 unspecified atom stereocenters. The van der Waals surface area contributed by atoms with Gasteiger partial charge >= 0.3 is 6.01 Å². The van der Waals surface area contributed by atoms with Gasteiger partial charge < -0.3 is 14.7 Å². The van der Waals surface area contributed by atoms with E-state index < -0.39 is 0 Å². The molecular formula is C12H19ClN4O2. The molecule has 6 nitrogen and oxygen atoms in total. The molecule has 19 heavy (non-hydrogen) atoms. The Hall–Kier alpha value is -1.14. The largest absolute Gasteiger partial charge is 0.461 e. The van der Waals surface area contributed by atoms with Gasteiger partial charge in [0.25, 0.3) is 0 Å². The first-order valence-electron chi connectivity index (χ1n) is 6.52. The highest BCUT2D eigenvalue weighted by Crippen LogP contribution is 2.22. The predicted octanol–water partition coefficient (Wildman–Crippen LogP) is 1.52. The van der Waals surface area contributed by atoms with Gasteiger partial charge in [0.05, 0.1) is 6.10 Å². The number of aliphatic hydroxyl groups excluding tert-OH is 1. The molecule has 7 heteroatoms. The molecule has 1 aromatic rings. The number of anilines is 1. The third-order valence-corrected chi connectivity index (χ3v) is 3.15. The number of piperidine rings is 1. The van der Waals surface area contributed by atoms with Crippen molar-refractivity contribution in [3.05, 3.63) is 5.28 Å². The second kappa shape index (κ2) is 6.34. The maximum Gasteiger partial charge on any atom is 0.322 e. The quantitative estimate of drug-likeness (QED) is 0.905. The van der Waals surface area contributed by atoms with Gasteiger partial charge in [0.15, 0.2) is 0 Å². The first-order valence-corrected chi connectivity index (χ1v) is 6.90. The van der Waals surface area contributed by atoms with Crippen LogP contribution in [-0.4, -0.2) is 45.9 Å². The van der Waals surface area contributed by atoms with E-state index in [0.29, 0.717) is 5.95 Å². The van der Waals surface area contributed by atoms with E-state index in [2.05, 4.69) is 15.0 Å². The zero-order chi connectivity index (χ0) is 13.8. The molecule has 0 saturated carbocycles. The van der Waals surface area contributed by atoms with E-state index >= 15 is 0 Å². The summed E-state index contributed by atoms with van der Waals surface area (Å²) in [5, 5.41) is 9.38. The van der Waals surface area contributed by atoms with Gasteiger partial charge in [-0.2, -0.15) is 15.0 Å². The molecule has 0 aliphatic carbocycles. The van der Waals surface area contributed by atoms with Gasteiger partial charge in [-0.05, 0) is 44.2 Å². The van der Waals surface area contributed by atoms with Gasteiger partial charge in [-0.3, -0.25) is 0 Å². The Morgan fingerprint density at radius 3 is 2.89 bits per heavy atom. The lowest BCUT2D eigenvalue weighted by molar-refractivity contribution is 0.207. The van der Waals surface area contributed by atoms with Crippen LogP contribution in [0.2, 0.25) is 5.28 Å². The number of hydrogen-bond acceptors (Lipinski definition) is 6. The van der Waals surface area contributed by atoms with Gasteiger partial charge in [-0.15, -0.1) is 0 Å². The Labute approximate surface area is 117 Å². The van der Waals surface area contributed by atoms with Crippen LogP contribution in [0.1, 0.15) is 26.7 Å². The first kappa shape index (κ1) is 14.3. The fourth-order valence-corrected chi connectivity index (χ4v) is 2.27. The first-order chi connectivity index (χ1) is 9.08. The summed E-state index contributed by atoms with van der Waals surface area (Å²) in [6.45, 7) is 5.58. The Balaban J connectivity index is 2.16. The highest BCUT2D eigenvalue weighted by Gasteiger charge is 2.22. The Morgan fingerprint density at radius 2 is 2.21 bits per heavy atom. The molecule has 106 valence electrons. The van der Waals surface area contributed by atoms with Crippen LogP contribution in [0, 0.1) is 5.92 Å². The van der Waals surface area contributed by atoms with E-state index in [0.717, 1.165) is 25.9 Å². The molecule has 2 rings (SSSR count). The number of ether oxygens (including phenoxy) is 1. The van der Waals surface area contributed by atoms with E-state index in [-0.39, 0.29) is 29.9 Å². The molecule has 0 spiro atoms. The van der Waals surface area contributed by atoms with E-state index in [1.807, 2.05) is 18.7 Å². The van der Waals surface area contributed by atoms with Crippen LogP contribution in [0.25, 0.3) is 0 Å². The Kier molecular flexibility index (Phi) is 4.76. The van der Waals surface area contributed by atoms with Crippen molar-refractivity contribution in [2.45, 2.75) is 32.8 Å². The summed E-state index contributed by atoms with van der Waals surface area (Å²) < 4.78 is 5.46. The van der Waals surface area contributed by atoms with E-state index in [4.69, 9.17) is 16.3 Å². The fraction of sp³-hybridized carbons (Fsp3) is 0.750. The lowest BCUT2D eigenvalue weighted by atomic mass is 9.99. The minimum Gasteiger partial charge on any atom is -0.461 e. The van der Waals surface area contributed by atoms with E-state index in [1.165, 1.54) is 0 Å². The molecule has 1 atom stereocenters. The molecule has 0 aromatic carbocycles. The Morgan fingerprint density at radius 1 is 1.42 bits per heavy atom. The number of aliphatic hydroxyl groups is 1. The summed E-state index contributed by atoms with van der Waals surface area (Å²) in [7, 11) is 0. The van der Waals surface area contributed by atoms with Crippen LogP contribution in [-0.2, 0) is 0 Å². The van der Waals surface area contributed by atoms with Crippen molar-refractivity contribution < 1.29 is 9.84 Å². The molecule has 0 radical (unpaired) electrons. The van der Waals surface area contributed by atoms with Crippen molar-refractivity contribution in [2.24, 2.45) is 5.92 Å². The highest BCUT2D eigenvalue weighted by atomic mass is 35.5. The van der Waals surface area contributed by atoms with E-state index in [1.54, 1.807) is 0 Å². The smallest absolute Gasteiger partial charge is 0.322 e. The molecule has 0 bridgehead atoms. The lowest BCUT2D eigenvalue weighted by Crippen LogP contribution is -2.38. The number of aromatic nitrogens is 3. The number of halogens is 1. The van der Waals surface area contributed by atoms with Crippen molar-refractivity contribution in [3.8, 4) is 6.01 Å². The third-order valence-electron chi connectivity index (χ3n) is 2.98. The third kappa shape index (κ3) is 3.91. The summed E-state index contributed by atoms with van der Waals surface area (Å²) in [6.07, 6.45) is 2.02. The van der Waals surface area contributed by atoms with Crippen LogP contribution < -0.4 is 9.64 Å². The zero-order valence-corrected chi connectivity index (χ0v) is 12.0. The summed E-state index contributed by atoms with van der Waals surface area (Å²) in [6, 6.07) is 0.246. The molecule has 2 heterocycles. The number of nitrogens with zero attached hydrogens (tertiary/aromatic N) is 4. The molecule has 1 aliphatic rings. The van der Waals surface area contributed by atoms with Crippen molar-refractivity contribution >= 4 is 17.5 Å². The lowest BCUT2D eigenvalue weighted by Gasteiger charge is -2.31. The summed E-state index contributed by atoms with van der Waals surface area (Å²) in [5.41, 5.74) is 0. The number of rotatable bonds is 4. The van der Waals surface area contributed by atoms with Crippen molar-refractivity contribution in [1.82, 2.24) is 15.0 Å². The fourth-order valence-electron chi connectivity index (χ4n) is 2.12. The maximum atomic E-state index is 9.25. The summed E-state index contributed by atoms with van der Waals surface area (Å²) >= 11 is 5.90. The van der Waals surface area contributed by atoms with Crippen molar-refractivity contribution in [2.75, 3.05) is 24.6 Å². The standard InChI is InChI=1S/C12H19ClN4O2/c1-8(2)19-12-15-10(13)14-11(16-12)17-5-3-4-9(6-17)7-18/h8-9,18H,3-7H2,1-2H3. The molecule has 1 fully saturated rings. The highest BCUT2D eigenvalue weighted by molar-refractivity contribution is 6.28. The molecular weight excluding hydrogens is 268 g/mol. The second-order valence-corrected chi connectivity index (χ2v) is 5.33. The summed E-state index contributed by atoms with van der Waals surface area (Å²) in [4.78, 5) is 14.4. The Bertz CT molecular complexity index is 430. The monoisotopic (exact) mass is 286 g/mol. The van der Waals surface area contributed by atoms with Crippen LogP contribution in [0.4, 0.5) is 5.95 Å². The van der Waals surface area contributed by atoms with Gasteiger partial charge in [-0.25, -0.2) is 0 Å². The van der Waals surface area contributed by atoms with E-state index in [9.17, 15) is 5.11 Å². The van der Waals surface area contributed by atoms with Crippen LogP contribution in [0.15, 0.2) is 0 Å². The minimum atomic E-state index is -0.0159. The van der Waals surface area contributed by atoms with Crippen molar-refractivity contribution in [3.63, 3.8) is 0 Å².